The number of rotatable bonds is 13. The minimum absolute atomic E-state index is 0.348. The molecule has 0 aliphatic carbocycles. The molecule has 0 aliphatic heterocycles. The van der Waals surface area contributed by atoms with Crippen LogP contribution in [0.3, 0.4) is 0 Å². The van der Waals surface area contributed by atoms with E-state index in [9.17, 15) is 0 Å². The van der Waals surface area contributed by atoms with Gasteiger partial charge in [-0.15, -0.1) is 0 Å². The van der Waals surface area contributed by atoms with E-state index in [-0.39, 0.29) is 0 Å². The summed E-state index contributed by atoms with van der Waals surface area (Å²) in [7, 11) is -2.58. The van der Waals surface area contributed by atoms with Crippen LogP contribution in [0.15, 0.2) is 4.99 Å². The molecule has 0 aliphatic rings. The van der Waals surface area contributed by atoms with Gasteiger partial charge in [0.2, 0.25) is 0 Å². The summed E-state index contributed by atoms with van der Waals surface area (Å²) in [6, 6.07) is 0. The average Bonchev–Trinajstić information content (AvgIpc) is 2.43. The van der Waals surface area contributed by atoms with Crippen LogP contribution in [0, 0.1) is 0 Å². The summed E-state index contributed by atoms with van der Waals surface area (Å²) in [5.41, 5.74) is 0.348. The summed E-state index contributed by atoms with van der Waals surface area (Å²) in [5, 5.41) is 0. The number of aliphatic imine (C=N–C) groups is 1. The quantitative estimate of drug-likeness (QED) is 0.380. The summed E-state index contributed by atoms with van der Waals surface area (Å²) in [6.07, 6.45) is 6.15. The van der Waals surface area contributed by atoms with Crippen LogP contribution >= 0.6 is 0 Å². The zero-order chi connectivity index (χ0) is 15.3. The molecule has 0 bridgehead atoms. The lowest BCUT2D eigenvalue weighted by molar-refractivity contribution is 0.0588. The van der Waals surface area contributed by atoms with Crippen molar-refractivity contribution in [1.29, 1.82) is 0 Å². The zero-order valence-corrected chi connectivity index (χ0v) is 15.0. The molecule has 0 N–H and O–H groups in total. The summed E-state index contributed by atoms with van der Waals surface area (Å²) in [6.45, 7) is 13.1. The molecule has 0 aromatic rings. The van der Waals surface area contributed by atoms with Gasteiger partial charge < -0.3 is 13.3 Å². The molecule has 4 nitrogen and oxygen atoms in total. The summed E-state index contributed by atoms with van der Waals surface area (Å²) >= 11 is 0. The lowest BCUT2D eigenvalue weighted by Crippen LogP contribution is -2.50. The highest BCUT2D eigenvalue weighted by atomic mass is 28.4. The Hall–Kier alpha value is -0.233. The van der Waals surface area contributed by atoms with Gasteiger partial charge in [-0.1, -0.05) is 20.3 Å². The van der Waals surface area contributed by atoms with Crippen molar-refractivity contribution in [2.75, 3.05) is 26.4 Å². The Morgan fingerprint density at radius 1 is 0.900 bits per heavy atom. The predicted molar refractivity (Wildman–Crippen MR) is 87.6 cm³/mol. The maximum atomic E-state index is 6.02. The van der Waals surface area contributed by atoms with Crippen molar-refractivity contribution in [3.05, 3.63) is 0 Å². The Bertz CT molecular complexity index is 232. The second-order valence-corrected chi connectivity index (χ2v) is 7.56. The average molecular weight is 304 g/mol. The molecule has 0 aromatic heterocycles. The third kappa shape index (κ3) is 6.97. The minimum Gasteiger partial charge on any atom is -0.374 e. The topological polar surface area (TPSA) is 40.0 Å². The highest BCUT2D eigenvalue weighted by Gasteiger charge is 2.48. The third-order valence-electron chi connectivity index (χ3n) is 3.09. The molecule has 20 heavy (non-hydrogen) atoms. The van der Waals surface area contributed by atoms with Crippen molar-refractivity contribution in [1.82, 2.24) is 0 Å². The van der Waals surface area contributed by atoms with Crippen LogP contribution in [-0.2, 0) is 13.3 Å². The minimum atomic E-state index is -2.58. The van der Waals surface area contributed by atoms with Crippen LogP contribution in [-0.4, -0.2) is 41.4 Å². The van der Waals surface area contributed by atoms with Gasteiger partial charge in [-0.3, -0.25) is 4.99 Å². The van der Waals surface area contributed by atoms with E-state index in [1.165, 1.54) is 0 Å². The molecule has 0 radical (unpaired) electrons. The molecule has 120 valence electrons. The van der Waals surface area contributed by atoms with Gasteiger partial charge in [0.1, 0.15) is 0 Å². The van der Waals surface area contributed by atoms with E-state index in [4.69, 9.17) is 13.3 Å². The van der Waals surface area contributed by atoms with Crippen LogP contribution in [0.25, 0.3) is 0 Å². The molecule has 0 saturated heterocycles. The molecule has 0 amide bonds. The zero-order valence-electron chi connectivity index (χ0n) is 14.0. The predicted octanol–water partition coefficient (Wildman–Crippen LogP) is 4.08. The van der Waals surface area contributed by atoms with Crippen LogP contribution in [0.4, 0.5) is 0 Å². The molecule has 5 heteroatoms. The highest BCUT2D eigenvalue weighted by Crippen LogP contribution is 2.33. The van der Waals surface area contributed by atoms with Crippen molar-refractivity contribution in [3.63, 3.8) is 0 Å². The lowest BCUT2D eigenvalue weighted by Gasteiger charge is -2.35. The van der Waals surface area contributed by atoms with Gasteiger partial charge in [0, 0.05) is 31.9 Å². The van der Waals surface area contributed by atoms with Gasteiger partial charge in [-0.05, 0) is 46.2 Å². The number of nitrogens with zero attached hydrogens (tertiary/aromatic N) is 1. The lowest BCUT2D eigenvalue weighted by atomic mass is 10.2. The van der Waals surface area contributed by atoms with Gasteiger partial charge in [-0.2, -0.15) is 0 Å². The van der Waals surface area contributed by atoms with Gasteiger partial charge in [0.15, 0.2) is 0 Å². The van der Waals surface area contributed by atoms with Crippen LogP contribution in [0.2, 0.25) is 5.54 Å². The van der Waals surface area contributed by atoms with Crippen molar-refractivity contribution in [2.24, 2.45) is 4.99 Å². The van der Waals surface area contributed by atoms with Crippen molar-refractivity contribution >= 4 is 15.0 Å². The van der Waals surface area contributed by atoms with Gasteiger partial charge in [0.05, 0.1) is 0 Å². The molecular formula is C15H33NO3Si. The number of hydrogen-bond acceptors (Lipinski definition) is 4. The van der Waals surface area contributed by atoms with Gasteiger partial charge in [-0.25, -0.2) is 0 Å². The Morgan fingerprint density at radius 3 is 1.85 bits per heavy atom. The Kier molecular flexibility index (Phi) is 12.4. The van der Waals surface area contributed by atoms with Gasteiger partial charge in [0.25, 0.3) is 0 Å². The second-order valence-electron chi connectivity index (χ2n) is 4.67. The normalized spacial score (nSPS) is 14.1. The van der Waals surface area contributed by atoms with E-state index in [0.717, 1.165) is 32.2 Å². The monoisotopic (exact) mass is 303 g/mol. The molecular weight excluding hydrogens is 270 g/mol. The summed E-state index contributed by atoms with van der Waals surface area (Å²) in [4.78, 5) is 4.44. The van der Waals surface area contributed by atoms with Crippen molar-refractivity contribution < 1.29 is 13.3 Å². The molecule has 0 heterocycles. The summed E-state index contributed by atoms with van der Waals surface area (Å²) < 4.78 is 18.1. The maximum Gasteiger partial charge on any atom is 0.504 e. The molecule has 0 aromatic carbocycles. The molecule has 0 spiro atoms. The first-order valence-electron chi connectivity index (χ1n) is 8.10. The molecule has 1 atom stereocenters. The summed E-state index contributed by atoms with van der Waals surface area (Å²) in [5.74, 6) is 0. The van der Waals surface area contributed by atoms with E-state index in [1.807, 2.05) is 27.0 Å². The highest BCUT2D eigenvalue weighted by molar-refractivity contribution is 6.62. The Morgan fingerprint density at radius 2 is 1.45 bits per heavy atom. The molecule has 0 saturated carbocycles. The molecule has 0 fully saturated rings. The van der Waals surface area contributed by atoms with Crippen LogP contribution < -0.4 is 0 Å². The fraction of sp³-hybridized carbons (Fsp3) is 0.933. The third-order valence-corrected chi connectivity index (χ3v) is 6.74. The van der Waals surface area contributed by atoms with E-state index in [2.05, 4.69) is 18.8 Å². The first-order valence-corrected chi connectivity index (χ1v) is 9.90. The SMILES string of the molecule is CCC=NCCC(CCC)[Si](OCC)(OCC)OCC. The smallest absolute Gasteiger partial charge is 0.374 e. The number of hydrogen-bond donors (Lipinski definition) is 0. The van der Waals surface area contributed by atoms with E-state index in [1.54, 1.807) is 0 Å². The second kappa shape index (κ2) is 12.5. The van der Waals surface area contributed by atoms with E-state index >= 15 is 0 Å². The van der Waals surface area contributed by atoms with Crippen molar-refractivity contribution in [3.8, 4) is 0 Å². The molecule has 0 rings (SSSR count). The van der Waals surface area contributed by atoms with Crippen molar-refractivity contribution in [2.45, 2.75) is 65.8 Å². The first-order chi connectivity index (χ1) is 9.70. The Labute approximate surface area is 126 Å². The first kappa shape index (κ1) is 19.8. The largest absolute Gasteiger partial charge is 0.504 e. The fourth-order valence-electron chi connectivity index (χ4n) is 2.38. The molecule has 1 unspecified atom stereocenters. The maximum absolute atomic E-state index is 6.02. The van der Waals surface area contributed by atoms with Crippen LogP contribution in [0.1, 0.15) is 60.3 Å². The Balaban J connectivity index is 4.90. The van der Waals surface area contributed by atoms with E-state index in [0.29, 0.717) is 25.4 Å². The van der Waals surface area contributed by atoms with Gasteiger partial charge >= 0.3 is 8.80 Å². The van der Waals surface area contributed by atoms with E-state index < -0.39 is 8.80 Å². The van der Waals surface area contributed by atoms with Crippen LogP contribution in [0.5, 0.6) is 0 Å². The standard InChI is InChI=1S/C15H33NO3Si/c1-6-11-15(12-14-16-13-7-2)20(17-8-3,18-9-4)19-10-5/h13,15H,6-12,14H2,1-5H3. The fourth-order valence-corrected chi connectivity index (χ4v) is 5.67.